The zero-order valence-electron chi connectivity index (χ0n) is 30.1. The Labute approximate surface area is 327 Å². The van der Waals surface area contributed by atoms with Crippen molar-refractivity contribution in [3.63, 3.8) is 0 Å². The first-order valence-corrected chi connectivity index (χ1v) is 19.5. The molecule has 3 aromatic carbocycles. The number of hydrogen-bond acceptors (Lipinski definition) is 8. The molecule has 1 fully saturated rings. The number of aryl methyl sites for hydroxylation is 1. The van der Waals surface area contributed by atoms with Crippen LogP contribution in [0.15, 0.2) is 47.3 Å². The van der Waals surface area contributed by atoms with Crippen LogP contribution in [-0.4, -0.2) is 56.8 Å². The van der Waals surface area contributed by atoms with E-state index in [4.69, 9.17) is 16.3 Å². The number of amides is 1. The molecule has 1 saturated carbocycles. The van der Waals surface area contributed by atoms with Crippen LogP contribution >= 0.6 is 11.6 Å². The molecule has 1 unspecified atom stereocenters. The molecule has 0 saturated heterocycles. The van der Waals surface area contributed by atoms with Crippen LogP contribution in [0.1, 0.15) is 53.1 Å². The molecule has 2 aliphatic carbocycles. The lowest BCUT2D eigenvalue weighted by molar-refractivity contribution is -0.123. The third kappa shape index (κ3) is 6.49. The number of ether oxygens (including phenoxy) is 1. The average Bonchev–Trinajstić information content (AvgIpc) is 3.66. The lowest BCUT2D eigenvalue weighted by atomic mass is 10.0. The number of aromatic nitrogens is 6. The van der Waals surface area contributed by atoms with Gasteiger partial charge in [0.25, 0.3) is 17.9 Å². The van der Waals surface area contributed by atoms with Gasteiger partial charge in [0.05, 0.1) is 46.4 Å². The molecule has 22 heteroatoms. The van der Waals surface area contributed by atoms with Crippen molar-refractivity contribution in [2.24, 2.45) is 13.0 Å². The monoisotopic (exact) mass is 852 g/mol. The van der Waals surface area contributed by atoms with Gasteiger partial charge in [0.2, 0.25) is 15.9 Å². The van der Waals surface area contributed by atoms with Gasteiger partial charge < -0.3 is 10.1 Å². The quantitative estimate of drug-likeness (QED) is 0.147. The Balaban J connectivity index is 1.35. The second kappa shape index (κ2) is 13.7. The first-order chi connectivity index (χ1) is 27.3. The summed E-state index contributed by atoms with van der Waals surface area (Å²) in [5, 5.41) is 10.2. The summed E-state index contributed by atoms with van der Waals surface area (Å²) < 4.78 is 138. The normalized spacial score (nSPS) is 17.4. The number of anilines is 1. The number of nitrogens with one attached hydrogen (secondary N) is 2. The van der Waals surface area contributed by atoms with E-state index in [9.17, 15) is 35.6 Å². The summed E-state index contributed by atoms with van der Waals surface area (Å²) in [6.07, 6.45) is -2.95. The van der Waals surface area contributed by atoms with E-state index in [2.05, 4.69) is 25.2 Å². The predicted molar refractivity (Wildman–Crippen MR) is 194 cm³/mol. The summed E-state index contributed by atoms with van der Waals surface area (Å²) in [4.78, 5) is 33.3. The molecule has 8 rings (SSSR count). The third-order valence-corrected chi connectivity index (χ3v) is 11.0. The summed E-state index contributed by atoms with van der Waals surface area (Å²) in [7, 11) is -1.43. The molecule has 304 valence electrons. The molecule has 3 atom stereocenters. The molecule has 3 heterocycles. The zero-order chi connectivity index (χ0) is 41.7. The standard InChI is InChI=1S/C36H28ClF7N8O5S/c1-50-29-23(7-5-20(37)26(29)33(48-50)49-58(3,55)56)52-34(46-27-17(35(52)54)4-6-21(40)30(27)57-2)22(10-14-8-15(38)11-16(39)9-14)45-24(53)13-51-31-25(28(47-51)32(41)42)18-12-19(18)36(31,43)44/h4-9,11,18-19,22,32H,10,12-13H2,1-3H3,(H,45,53)(H,48,49)/t18-,19+,22?/m0/s1. The van der Waals surface area contributed by atoms with Gasteiger partial charge >= 0.3 is 0 Å². The Bertz CT molecular complexity index is 2880. The van der Waals surface area contributed by atoms with Gasteiger partial charge in [-0.25, -0.2) is 35.4 Å². The maximum Gasteiger partial charge on any atom is 0.293 e. The Morgan fingerprint density at radius 1 is 1.09 bits per heavy atom. The van der Waals surface area contributed by atoms with E-state index in [0.29, 0.717) is 10.7 Å². The largest absolute Gasteiger partial charge is 0.491 e. The molecule has 2 aliphatic rings. The average molecular weight is 853 g/mol. The Hall–Kier alpha value is -5.70. The highest BCUT2D eigenvalue weighted by Crippen LogP contribution is 2.68. The first kappa shape index (κ1) is 39.1. The van der Waals surface area contributed by atoms with Crippen molar-refractivity contribution in [2.45, 2.75) is 43.7 Å². The van der Waals surface area contributed by atoms with Crippen LogP contribution in [0.4, 0.5) is 36.6 Å². The number of carbonyl (C=O) groups is 1. The van der Waals surface area contributed by atoms with Crippen molar-refractivity contribution in [1.82, 2.24) is 34.4 Å². The van der Waals surface area contributed by atoms with Crippen molar-refractivity contribution in [3.8, 4) is 11.4 Å². The van der Waals surface area contributed by atoms with E-state index in [1.807, 2.05) is 0 Å². The lowest BCUT2D eigenvalue weighted by Gasteiger charge is -2.24. The van der Waals surface area contributed by atoms with Gasteiger partial charge in [-0.05, 0) is 54.3 Å². The summed E-state index contributed by atoms with van der Waals surface area (Å²) in [6, 6.07) is 5.45. The Morgan fingerprint density at radius 2 is 1.79 bits per heavy atom. The van der Waals surface area contributed by atoms with Crippen molar-refractivity contribution in [3.05, 3.63) is 104 Å². The number of sulfonamides is 1. The summed E-state index contributed by atoms with van der Waals surface area (Å²) >= 11 is 6.55. The maximum absolute atomic E-state index is 15.4. The zero-order valence-corrected chi connectivity index (χ0v) is 31.7. The number of nitrogens with zero attached hydrogens (tertiary/aromatic N) is 6. The molecule has 13 nitrogen and oxygen atoms in total. The summed E-state index contributed by atoms with van der Waals surface area (Å²) in [5.74, 6) is -11.0. The highest BCUT2D eigenvalue weighted by atomic mass is 35.5. The fourth-order valence-corrected chi connectivity index (χ4v) is 8.53. The molecule has 6 aromatic rings. The van der Waals surface area contributed by atoms with E-state index in [1.54, 1.807) is 0 Å². The predicted octanol–water partition coefficient (Wildman–Crippen LogP) is 6.17. The maximum atomic E-state index is 15.4. The second-order valence-electron chi connectivity index (χ2n) is 14.0. The fourth-order valence-electron chi connectivity index (χ4n) is 7.79. The van der Waals surface area contributed by atoms with Crippen LogP contribution in [0.25, 0.3) is 27.5 Å². The van der Waals surface area contributed by atoms with E-state index in [1.165, 1.54) is 23.9 Å². The summed E-state index contributed by atoms with van der Waals surface area (Å²) in [6.45, 7) is -1.04. The number of hydrogen-bond donors (Lipinski definition) is 2. The van der Waals surface area contributed by atoms with Crippen LogP contribution in [0.5, 0.6) is 5.75 Å². The van der Waals surface area contributed by atoms with E-state index >= 15 is 13.2 Å². The number of methoxy groups -OCH3 is 1. The number of halogens is 8. The first-order valence-electron chi connectivity index (χ1n) is 17.2. The molecule has 0 aliphatic heterocycles. The van der Waals surface area contributed by atoms with Gasteiger partial charge in [-0.2, -0.15) is 19.0 Å². The minimum Gasteiger partial charge on any atom is -0.491 e. The van der Waals surface area contributed by atoms with Gasteiger partial charge in [-0.1, -0.05) is 11.6 Å². The van der Waals surface area contributed by atoms with Crippen LogP contribution in [0.3, 0.4) is 0 Å². The second-order valence-corrected chi connectivity index (χ2v) is 16.2. The van der Waals surface area contributed by atoms with Gasteiger partial charge in [0, 0.05) is 31.0 Å². The smallest absolute Gasteiger partial charge is 0.293 e. The van der Waals surface area contributed by atoms with E-state index in [0.717, 1.165) is 42.2 Å². The minimum atomic E-state index is -3.94. The minimum absolute atomic E-state index is 0.0101. The highest BCUT2D eigenvalue weighted by Gasteiger charge is 2.67. The molecular formula is C36H28ClF7N8O5S. The lowest BCUT2D eigenvalue weighted by Crippen LogP contribution is -2.38. The Kier molecular flexibility index (Phi) is 9.25. The Morgan fingerprint density at radius 3 is 2.45 bits per heavy atom. The molecular weight excluding hydrogens is 825 g/mol. The number of alkyl halides is 4. The number of carbonyl (C=O) groups excluding carboxylic acids is 1. The van der Waals surface area contributed by atoms with Gasteiger partial charge in [-0.15, -0.1) is 0 Å². The van der Waals surface area contributed by atoms with E-state index < -0.39 is 105 Å². The molecule has 0 radical (unpaired) electrons. The van der Waals surface area contributed by atoms with E-state index in [-0.39, 0.29) is 55.9 Å². The number of rotatable bonds is 11. The van der Waals surface area contributed by atoms with Crippen LogP contribution in [0.2, 0.25) is 5.02 Å². The molecule has 3 aromatic heterocycles. The van der Waals surface area contributed by atoms with Crippen molar-refractivity contribution < 1.29 is 48.7 Å². The molecule has 58 heavy (non-hydrogen) atoms. The van der Waals surface area contributed by atoms with Crippen LogP contribution < -0.4 is 20.3 Å². The number of fused-ring (bicyclic) bond motifs is 5. The third-order valence-electron chi connectivity index (χ3n) is 10.1. The number of benzene rings is 3. The molecule has 2 N–H and O–H groups in total. The molecule has 0 bridgehead atoms. The molecule has 1 amide bonds. The van der Waals surface area contributed by atoms with Crippen molar-refractivity contribution in [1.29, 1.82) is 0 Å². The topological polar surface area (TPSA) is 155 Å². The fraction of sp³-hybridized carbons (Fsp3) is 0.306. The van der Waals surface area contributed by atoms with Crippen molar-refractivity contribution in [2.75, 3.05) is 18.1 Å². The molecule has 0 spiro atoms. The van der Waals surface area contributed by atoms with Gasteiger partial charge in [-0.3, -0.25) is 28.2 Å². The van der Waals surface area contributed by atoms with Crippen LogP contribution in [-0.2, 0) is 40.8 Å². The summed E-state index contributed by atoms with van der Waals surface area (Å²) in [5.41, 5.74) is -3.47. The van der Waals surface area contributed by atoms with Crippen LogP contribution in [0, 0.1) is 23.4 Å². The van der Waals surface area contributed by atoms with Gasteiger partial charge in [0.15, 0.2) is 17.4 Å². The SMILES string of the molecule is COc1c(F)ccc2c(=O)n(-c3ccc(Cl)c4c(NS(C)(=O)=O)nn(C)c34)c(C(Cc3cc(F)cc(F)c3)NC(=O)Cn3nc(C(F)F)c4c3C(F)(F)[C@@H]3C[C@H]43)nc12. The highest BCUT2D eigenvalue weighted by molar-refractivity contribution is 7.92. The van der Waals surface area contributed by atoms with Crippen molar-refractivity contribution >= 4 is 55.2 Å². The van der Waals surface area contributed by atoms with Gasteiger partial charge in [0.1, 0.15) is 40.9 Å².